The second-order valence-corrected chi connectivity index (χ2v) is 7.01. The zero-order valence-electron chi connectivity index (χ0n) is 16.1. The summed E-state index contributed by atoms with van der Waals surface area (Å²) in [5.41, 5.74) is 3.02. The van der Waals surface area contributed by atoms with Crippen molar-refractivity contribution in [2.75, 3.05) is 6.54 Å². The van der Waals surface area contributed by atoms with Gasteiger partial charge in [0.05, 0.1) is 5.71 Å². The number of allylic oxidation sites excluding steroid dienone is 1. The van der Waals surface area contributed by atoms with E-state index in [9.17, 15) is 9.90 Å². The molecule has 0 spiro atoms. The summed E-state index contributed by atoms with van der Waals surface area (Å²) in [6.45, 7) is 6.82. The minimum atomic E-state index is -0.992. The average molecular weight is 399 g/mol. The van der Waals surface area contributed by atoms with Gasteiger partial charge in [0.15, 0.2) is 0 Å². The van der Waals surface area contributed by atoms with E-state index in [1.54, 1.807) is 0 Å². The number of hydrogen-bond acceptors (Lipinski definition) is 4. The molecule has 0 fully saturated rings. The molecule has 1 heterocycles. The van der Waals surface area contributed by atoms with Crippen molar-refractivity contribution in [3.8, 4) is 5.75 Å². The first-order valence-electron chi connectivity index (χ1n) is 9.18. The topological polar surface area (TPSA) is 62.1 Å². The molecule has 6 heteroatoms. The SMILES string of the molecule is CCN1C(C)=C(C(=O)O)C(c2ccccc2OCc2ccc(Cl)cc2)=NC1C. The molecular formula is C22H23ClN2O3. The second-order valence-electron chi connectivity index (χ2n) is 6.57. The summed E-state index contributed by atoms with van der Waals surface area (Å²) in [5.74, 6) is -0.394. The fourth-order valence-electron chi connectivity index (χ4n) is 3.41. The molecule has 5 nitrogen and oxygen atoms in total. The highest BCUT2D eigenvalue weighted by Crippen LogP contribution is 2.30. The highest BCUT2D eigenvalue weighted by atomic mass is 35.5. The van der Waals surface area contributed by atoms with Crippen LogP contribution in [0.25, 0.3) is 0 Å². The van der Waals surface area contributed by atoms with E-state index in [1.165, 1.54) is 0 Å². The normalized spacial score (nSPS) is 16.8. The highest BCUT2D eigenvalue weighted by molar-refractivity contribution is 6.30. The van der Waals surface area contributed by atoms with E-state index in [1.807, 2.05) is 74.2 Å². The number of carboxylic acid groups (broad SMARTS) is 1. The first-order valence-corrected chi connectivity index (χ1v) is 9.55. The summed E-state index contributed by atoms with van der Waals surface area (Å²) in [6.07, 6.45) is -0.146. The van der Waals surface area contributed by atoms with E-state index in [0.717, 1.165) is 5.56 Å². The summed E-state index contributed by atoms with van der Waals surface area (Å²) in [6, 6.07) is 14.8. The smallest absolute Gasteiger partial charge is 0.339 e. The van der Waals surface area contributed by atoms with E-state index in [2.05, 4.69) is 0 Å². The van der Waals surface area contributed by atoms with Crippen LogP contribution in [0.15, 0.2) is 64.8 Å². The first-order chi connectivity index (χ1) is 13.4. The summed E-state index contributed by atoms with van der Waals surface area (Å²) >= 11 is 5.93. The molecule has 1 aliphatic rings. The molecule has 1 N–H and O–H groups in total. The predicted molar refractivity (Wildman–Crippen MR) is 111 cm³/mol. The average Bonchev–Trinajstić information content (AvgIpc) is 2.67. The molecule has 146 valence electrons. The summed E-state index contributed by atoms with van der Waals surface area (Å²) in [4.78, 5) is 18.7. The second kappa shape index (κ2) is 8.48. The summed E-state index contributed by atoms with van der Waals surface area (Å²) in [5, 5.41) is 10.5. The maximum atomic E-state index is 12.0. The third kappa shape index (κ3) is 4.04. The van der Waals surface area contributed by atoms with Crippen LogP contribution in [0.4, 0.5) is 0 Å². The zero-order chi connectivity index (χ0) is 20.3. The van der Waals surface area contributed by atoms with Crippen LogP contribution in [0.1, 0.15) is 31.9 Å². The van der Waals surface area contributed by atoms with Gasteiger partial charge in [-0.15, -0.1) is 0 Å². The molecule has 1 unspecified atom stereocenters. The van der Waals surface area contributed by atoms with Gasteiger partial charge < -0.3 is 14.7 Å². The maximum Gasteiger partial charge on any atom is 0.339 e. The van der Waals surface area contributed by atoms with Gasteiger partial charge in [-0.05, 0) is 50.6 Å². The van der Waals surface area contributed by atoms with Crippen LogP contribution in [-0.2, 0) is 11.4 Å². The Morgan fingerprint density at radius 1 is 1.21 bits per heavy atom. The first kappa shape index (κ1) is 20.0. The lowest BCUT2D eigenvalue weighted by atomic mass is 9.97. The van der Waals surface area contributed by atoms with Gasteiger partial charge in [0.1, 0.15) is 24.1 Å². The van der Waals surface area contributed by atoms with Crippen molar-refractivity contribution in [3.63, 3.8) is 0 Å². The van der Waals surface area contributed by atoms with Crippen molar-refractivity contribution >= 4 is 23.3 Å². The molecule has 0 bridgehead atoms. The molecule has 28 heavy (non-hydrogen) atoms. The summed E-state index contributed by atoms with van der Waals surface area (Å²) < 4.78 is 6.01. The van der Waals surface area contributed by atoms with Crippen molar-refractivity contribution in [3.05, 3.63) is 76.0 Å². The Labute approximate surface area is 169 Å². The molecule has 1 aliphatic heterocycles. The van der Waals surface area contributed by atoms with E-state index in [-0.39, 0.29) is 11.7 Å². The van der Waals surface area contributed by atoms with E-state index < -0.39 is 5.97 Å². The number of ether oxygens (including phenoxy) is 1. The molecule has 1 atom stereocenters. The number of halogens is 1. The molecule has 0 aromatic heterocycles. The number of benzene rings is 2. The Morgan fingerprint density at radius 3 is 2.54 bits per heavy atom. The Hall–Kier alpha value is -2.79. The van der Waals surface area contributed by atoms with E-state index >= 15 is 0 Å². The van der Waals surface area contributed by atoms with Crippen LogP contribution < -0.4 is 4.74 Å². The van der Waals surface area contributed by atoms with E-state index in [4.69, 9.17) is 21.3 Å². The van der Waals surface area contributed by atoms with Gasteiger partial charge in [-0.2, -0.15) is 0 Å². The van der Waals surface area contributed by atoms with Crippen LogP contribution in [0.3, 0.4) is 0 Å². The van der Waals surface area contributed by atoms with Crippen LogP contribution in [0.2, 0.25) is 5.02 Å². The highest BCUT2D eigenvalue weighted by Gasteiger charge is 2.30. The molecule has 3 rings (SSSR count). The molecule has 0 amide bonds. The predicted octanol–water partition coefficient (Wildman–Crippen LogP) is 4.75. The van der Waals surface area contributed by atoms with Crippen LogP contribution in [-0.4, -0.2) is 34.4 Å². The molecule has 2 aromatic carbocycles. The van der Waals surface area contributed by atoms with Crippen molar-refractivity contribution in [2.45, 2.75) is 33.5 Å². The number of rotatable bonds is 6. The Kier molecular flexibility index (Phi) is 6.05. The van der Waals surface area contributed by atoms with Crippen LogP contribution in [0, 0.1) is 0 Å². The summed E-state index contributed by atoms with van der Waals surface area (Å²) in [7, 11) is 0. The Bertz CT molecular complexity index is 935. The lowest BCUT2D eigenvalue weighted by molar-refractivity contribution is -0.132. The minimum Gasteiger partial charge on any atom is -0.488 e. The van der Waals surface area contributed by atoms with Crippen molar-refractivity contribution < 1.29 is 14.6 Å². The lowest BCUT2D eigenvalue weighted by Crippen LogP contribution is -2.38. The van der Waals surface area contributed by atoms with Crippen LogP contribution in [0.5, 0.6) is 5.75 Å². The van der Waals surface area contributed by atoms with Gasteiger partial charge in [0.25, 0.3) is 0 Å². The largest absolute Gasteiger partial charge is 0.488 e. The fourth-order valence-corrected chi connectivity index (χ4v) is 3.53. The number of hydrogen-bond donors (Lipinski definition) is 1. The minimum absolute atomic E-state index is 0.146. The number of carbonyl (C=O) groups is 1. The van der Waals surface area contributed by atoms with Crippen molar-refractivity contribution in [1.29, 1.82) is 0 Å². The van der Waals surface area contributed by atoms with Gasteiger partial charge in [-0.3, -0.25) is 4.99 Å². The quantitative estimate of drug-likeness (QED) is 0.762. The van der Waals surface area contributed by atoms with Gasteiger partial charge in [0.2, 0.25) is 0 Å². The van der Waals surface area contributed by atoms with Gasteiger partial charge in [0, 0.05) is 22.8 Å². The number of para-hydroxylation sites is 1. The number of aliphatic imine (C=N–C) groups is 1. The molecule has 0 saturated carbocycles. The zero-order valence-corrected chi connectivity index (χ0v) is 16.9. The van der Waals surface area contributed by atoms with Crippen molar-refractivity contribution in [1.82, 2.24) is 4.90 Å². The number of nitrogens with zero attached hydrogens (tertiary/aromatic N) is 2. The lowest BCUT2D eigenvalue weighted by Gasteiger charge is -2.34. The maximum absolute atomic E-state index is 12.0. The monoisotopic (exact) mass is 398 g/mol. The molecular weight excluding hydrogens is 376 g/mol. The number of aliphatic carboxylic acids is 1. The molecule has 0 aliphatic carbocycles. The van der Waals surface area contributed by atoms with Crippen molar-refractivity contribution in [2.24, 2.45) is 4.99 Å². The molecule has 0 saturated heterocycles. The Balaban J connectivity index is 1.97. The van der Waals surface area contributed by atoms with E-state index in [0.29, 0.717) is 40.9 Å². The van der Waals surface area contributed by atoms with Crippen LogP contribution >= 0.6 is 11.6 Å². The van der Waals surface area contributed by atoms with Gasteiger partial charge in [-0.25, -0.2) is 4.79 Å². The third-order valence-electron chi connectivity index (χ3n) is 4.80. The molecule has 2 aromatic rings. The third-order valence-corrected chi connectivity index (χ3v) is 5.05. The van der Waals surface area contributed by atoms with Gasteiger partial charge >= 0.3 is 5.97 Å². The standard InChI is InChI=1S/C22H23ClN2O3/c1-4-25-14(2)20(22(26)27)21(24-15(25)3)18-7-5-6-8-19(18)28-13-16-9-11-17(23)12-10-16/h5-12,15H,4,13H2,1-3H3,(H,26,27). The molecule has 0 radical (unpaired) electrons. The van der Waals surface area contributed by atoms with Gasteiger partial charge in [-0.1, -0.05) is 35.9 Å². The number of carboxylic acids is 1. The fraction of sp³-hybridized carbons (Fsp3) is 0.273. The Morgan fingerprint density at radius 2 is 1.89 bits per heavy atom.